The van der Waals surface area contributed by atoms with Crippen LogP contribution >= 0.6 is 12.2 Å². The molecule has 2 rings (SSSR count). The Balaban J connectivity index is 2.33. The molecular formula is C11H11N5S. The van der Waals surface area contributed by atoms with Crippen molar-refractivity contribution in [3.8, 4) is 0 Å². The highest BCUT2D eigenvalue weighted by atomic mass is 32.1. The Bertz CT molecular complexity index is 555. The van der Waals surface area contributed by atoms with Crippen LogP contribution in [0.5, 0.6) is 0 Å². The number of hydrogen-bond acceptors (Lipinski definition) is 5. The molecule has 5 nitrogen and oxygen atoms in total. The van der Waals surface area contributed by atoms with Gasteiger partial charge in [-0.3, -0.25) is 4.98 Å². The predicted molar refractivity (Wildman–Crippen MR) is 70.2 cm³/mol. The Labute approximate surface area is 104 Å². The van der Waals surface area contributed by atoms with Crippen molar-refractivity contribution in [2.75, 3.05) is 5.32 Å². The molecule has 0 saturated carbocycles. The number of aromatic nitrogens is 3. The van der Waals surface area contributed by atoms with E-state index in [1.807, 2.05) is 13.0 Å². The van der Waals surface area contributed by atoms with Gasteiger partial charge in [-0.1, -0.05) is 12.2 Å². The molecule has 0 aromatic carbocycles. The first kappa shape index (κ1) is 11.4. The van der Waals surface area contributed by atoms with E-state index in [9.17, 15) is 0 Å². The maximum atomic E-state index is 5.61. The summed E-state index contributed by atoms with van der Waals surface area (Å²) in [7, 11) is 0. The molecule has 2 aromatic heterocycles. The van der Waals surface area contributed by atoms with Gasteiger partial charge in [-0.2, -0.15) is 5.10 Å². The van der Waals surface area contributed by atoms with E-state index in [2.05, 4.69) is 20.5 Å². The Kier molecular flexibility index (Phi) is 3.24. The third kappa shape index (κ3) is 2.73. The summed E-state index contributed by atoms with van der Waals surface area (Å²) in [6.45, 7) is 1.96. The van der Waals surface area contributed by atoms with Crippen LogP contribution in [0.25, 0.3) is 0 Å². The fourth-order valence-corrected chi connectivity index (χ4v) is 1.55. The molecule has 0 aliphatic carbocycles. The molecule has 0 spiro atoms. The first-order valence-corrected chi connectivity index (χ1v) is 5.38. The molecule has 0 aliphatic rings. The SMILES string of the molecule is Cc1cncc(Nc2nnccc2C(N)=S)c1. The standard InChI is InChI=1S/C11H11N5S/c1-7-4-8(6-13-5-7)15-11-9(10(12)17)2-3-14-16-11/h2-6H,1H3,(H2,12,17)(H,15,16). The first-order valence-electron chi connectivity index (χ1n) is 4.97. The number of nitrogens with zero attached hydrogens (tertiary/aromatic N) is 3. The van der Waals surface area contributed by atoms with Crippen LogP contribution in [0.3, 0.4) is 0 Å². The van der Waals surface area contributed by atoms with Gasteiger partial charge < -0.3 is 11.1 Å². The van der Waals surface area contributed by atoms with E-state index in [4.69, 9.17) is 18.0 Å². The van der Waals surface area contributed by atoms with Crippen LogP contribution in [0.15, 0.2) is 30.7 Å². The smallest absolute Gasteiger partial charge is 0.163 e. The molecule has 86 valence electrons. The van der Waals surface area contributed by atoms with E-state index in [-0.39, 0.29) is 4.99 Å². The van der Waals surface area contributed by atoms with Crippen molar-refractivity contribution in [2.24, 2.45) is 5.73 Å². The second kappa shape index (κ2) is 4.84. The maximum absolute atomic E-state index is 5.61. The van der Waals surface area contributed by atoms with Crippen LogP contribution in [0, 0.1) is 6.92 Å². The van der Waals surface area contributed by atoms with Gasteiger partial charge in [0.2, 0.25) is 0 Å². The molecule has 2 aromatic rings. The van der Waals surface area contributed by atoms with E-state index >= 15 is 0 Å². The molecule has 0 atom stereocenters. The zero-order valence-corrected chi connectivity index (χ0v) is 10.0. The Morgan fingerprint density at radius 2 is 2.24 bits per heavy atom. The van der Waals surface area contributed by atoms with Crippen molar-refractivity contribution in [1.29, 1.82) is 0 Å². The fourth-order valence-electron chi connectivity index (χ4n) is 1.38. The van der Waals surface area contributed by atoms with Gasteiger partial charge >= 0.3 is 0 Å². The van der Waals surface area contributed by atoms with Crippen molar-refractivity contribution in [3.63, 3.8) is 0 Å². The average Bonchev–Trinajstić information content (AvgIpc) is 2.29. The van der Waals surface area contributed by atoms with Crippen LogP contribution in [0.1, 0.15) is 11.1 Å². The summed E-state index contributed by atoms with van der Waals surface area (Å²) in [5.41, 5.74) is 8.14. The highest BCUT2D eigenvalue weighted by Gasteiger charge is 2.07. The summed E-state index contributed by atoms with van der Waals surface area (Å²) in [4.78, 5) is 4.36. The molecule has 0 bridgehead atoms. The third-order valence-corrected chi connectivity index (χ3v) is 2.34. The lowest BCUT2D eigenvalue weighted by molar-refractivity contribution is 1.03. The van der Waals surface area contributed by atoms with Crippen molar-refractivity contribution in [1.82, 2.24) is 15.2 Å². The van der Waals surface area contributed by atoms with E-state index in [1.165, 1.54) is 0 Å². The summed E-state index contributed by atoms with van der Waals surface area (Å²) >= 11 is 4.95. The highest BCUT2D eigenvalue weighted by molar-refractivity contribution is 7.80. The lowest BCUT2D eigenvalue weighted by Crippen LogP contribution is -2.13. The number of hydrogen-bond donors (Lipinski definition) is 2. The molecule has 0 amide bonds. The Morgan fingerprint density at radius 3 is 2.94 bits per heavy atom. The monoisotopic (exact) mass is 245 g/mol. The van der Waals surface area contributed by atoms with E-state index in [0.29, 0.717) is 11.4 Å². The van der Waals surface area contributed by atoms with Gasteiger partial charge in [-0.05, 0) is 24.6 Å². The lowest BCUT2D eigenvalue weighted by Gasteiger charge is -2.08. The molecule has 0 fully saturated rings. The summed E-state index contributed by atoms with van der Waals surface area (Å²) in [6, 6.07) is 3.67. The normalized spacial score (nSPS) is 9.94. The highest BCUT2D eigenvalue weighted by Crippen LogP contribution is 2.17. The number of anilines is 2. The van der Waals surface area contributed by atoms with Gasteiger partial charge in [0, 0.05) is 6.20 Å². The van der Waals surface area contributed by atoms with Crippen molar-refractivity contribution >= 4 is 28.7 Å². The van der Waals surface area contributed by atoms with E-state index < -0.39 is 0 Å². The molecule has 0 radical (unpaired) electrons. The summed E-state index contributed by atoms with van der Waals surface area (Å²) in [6.07, 6.45) is 5.02. The number of thiocarbonyl (C=S) groups is 1. The molecule has 0 unspecified atom stereocenters. The maximum Gasteiger partial charge on any atom is 0.163 e. The predicted octanol–water partition coefficient (Wildman–Crippen LogP) is 1.56. The lowest BCUT2D eigenvalue weighted by atomic mass is 10.2. The summed E-state index contributed by atoms with van der Waals surface area (Å²) in [5.74, 6) is 0.535. The van der Waals surface area contributed by atoms with Crippen LogP contribution in [-0.2, 0) is 0 Å². The van der Waals surface area contributed by atoms with Gasteiger partial charge in [0.05, 0.1) is 23.6 Å². The Hall–Kier alpha value is -2.08. The quantitative estimate of drug-likeness (QED) is 0.799. The zero-order chi connectivity index (χ0) is 12.3. The zero-order valence-electron chi connectivity index (χ0n) is 9.21. The van der Waals surface area contributed by atoms with Gasteiger partial charge in [0.25, 0.3) is 0 Å². The number of rotatable bonds is 3. The molecular weight excluding hydrogens is 234 g/mol. The first-order chi connectivity index (χ1) is 8.16. The third-order valence-electron chi connectivity index (χ3n) is 2.12. The largest absolute Gasteiger partial charge is 0.389 e. The van der Waals surface area contributed by atoms with Gasteiger partial charge in [0.1, 0.15) is 4.99 Å². The van der Waals surface area contributed by atoms with E-state index in [1.54, 1.807) is 24.7 Å². The second-order valence-electron chi connectivity index (χ2n) is 3.53. The molecule has 3 N–H and O–H groups in total. The van der Waals surface area contributed by atoms with Crippen LogP contribution < -0.4 is 11.1 Å². The van der Waals surface area contributed by atoms with Crippen LogP contribution in [-0.4, -0.2) is 20.2 Å². The molecule has 2 heterocycles. The number of nitrogens with one attached hydrogen (secondary N) is 1. The minimum absolute atomic E-state index is 0.281. The summed E-state index contributed by atoms with van der Waals surface area (Å²) < 4.78 is 0. The van der Waals surface area contributed by atoms with Gasteiger partial charge in [-0.25, -0.2) is 0 Å². The van der Waals surface area contributed by atoms with Crippen LogP contribution in [0.2, 0.25) is 0 Å². The molecule has 6 heteroatoms. The van der Waals surface area contributed by atoms with Crippen LogP contribution in [0.4, 0.5) is 11.5 Å². The number of aryl methyl sites for hydroxylation is 1. The minimum Gasteiger partial charge on any atom is -0.389 e. The van der Waals surface area contributed by atoms with Crippen molar-refractivity contribution in [2.45, 2.75) is 6.92 Å². The minimum atomic E-state index is 0.281. The number of pyridine rings is 1. The van der Waals surface area contributed by atoms with Crippen molar-refractivity contribution in [3.05, 3.63) is 41.9 Å². The molecule has 0 saturated heterocycles. The number of nitrogens with two attached hydrogens (primary N) is 1. The fraction of sp³-hybridized carbons (Fsp3) is 0.0909. The molecule has 17 heavy (non-hydrogen) atoms. The van der Waals surface area contributed by atoms with Gasteiger partial charge in [0.15, 0.2) is 5.82 Å². The van der Waals surface area contributed by atoms with Crippen molar-refractivity contribution < 1.29 is 0 Å². The summed E-state index contributed by atoms with van der Waals surface area (Å²) in [5, 5.41) is 10.9. The average molecular weight is 245 g/mol. The second-order valence-corrected chi connectivity index (χ2v) is 3.97. The topological polar surface area (TPSA) is 76.7 Å². The van der Waals surface area contributed by atoms with Gasteiger partial charge in [-0.15, -0.1) is 5.10 Å². The Morgan fingerprint density at radius 1 is 1.41 bits per heavy atom. The molecule has 0 aliphatic heterocycles. The van der Waals surface area contributed by atoms with E-state index in [0.717, 1.165) is 11.3 Å².